The van der Waals surface area contributed by atoms with Crippen LogP contribution in [0.15, 0.2) is 54.6 Å². The molecular formula is C20H19N5O4. The van der Waals surface area contributed by atoms with E-state index in [9.17, 15) is 19.7 Å². The molecule has 2 aromatic carbocycles. The van der Waals surface area contributed by atoms with E-state index in [4.69, 9.17) is 0 Å². The Kier molecular flexibility index (Phi) is 5.68. The third kappa shape index (κ3) is 4.46. The molecule has 0 unspecified atom stereocenters. The van der Waals surface area contributed by atoms with Crippen molar-refractivity contribution >= 4 is 17.5 Å². The van der Waals surface area contributed by atoms with E-state index in [0.717, 1.165) is 11.6 Å². The monoisotopic (exact) mass is 393 g/mol. The topological polar surface area (TPSA) is 119 Å². The van der Waals surface area contributed by atoms with E-state index in [1.54, 1.807) is 18.5 Å². The molecule has 9 heteroatoms. The summed E-state index contributed by atoms with van der Waals surface area (Å²) in [6.45, 7) is 4.01. The van der Waals surface area contributed by atoms with Crippen molar-refractivity contribution in [1.82, 2.24) is 20.6 Å². The molecule has 0 saturated heterocycles. The molecule has 0 aliphatic carbocycles. The van der Waals surface area contributed by atoms with Crippen LogP contribution in [0, 0.1) is 24.0 Å². The molecule has 3 aromatic rings. The number of nitro groups is 1. The van der Waals surface area contributed by atoms with Crippen LogP contribution in [0.4, 0.5) is 5.69 Å². The average Bonchev–Trinajstić information content (AvgIpc) is 2.99. The minimum absolute atomic E-state index is 0.0627. The third-order valence-corrected chi connectivity index (χ3v) is 4.39. The lowest BCUT2D eigenvalue weighted by molar-refractivity contribution is -0.384. The minimum Gasteiger partial charge on any atom is -0.267 e. The fourth-order valence-corrected chi connectivity index (χ4v) is 2.94. The van der Waals surface area contributed by atoms with Gasteiger partial charge in [-0.3, -0.25) is 35.2 Å². The van der Waals surface area contributed by atoms with Crippen molar-refractivity contribution in [3.63, 3.8) is 0 Å². The van der Waals surface area contributed by atoms with Crippen molar-refractivity contribution in [2.75, 3.05) is 0 Å². The van der Waals surface area contributed by atoms with Gasteiger partial charge in [0.2, 0.25) is 0 Å². The number of carbonyl (C=O) groups excluding carboxylic acids is 2. The van der Waals surface area contributed by atoms with Gasteiger partial charge in [-0.05, 0) is 25.5 Å². The highest BCUT2D eigenvalue weighted by molar-refractivity contribution is 6.00. The normalized spacial score (nSPS) is 10.4. The van der Waals surface area contributed by atoms with Gasteiger partial charge in [0.1, 0.15) is 0 Å². The van der Waals surface area contributed by atoms with E-state index in [1.807, 2.05) is 30.3 Å². The number of amides is 2. The lowest BCUT2D eigenvalue weighted by atomic mass is 10.2. The molecule has 0 radical (unpaired) electrons. The standard InChI is InChI=1S/C20H19N5O4/c1-13-18(14(2)24(23-13)12-15-7-4-3-5-8-15)20(27)22-21-19(26)16-9-6-10-17(11-16)25(28)29/h3-11H,12H2,1-2H3,(H,21,26)(H,22,27). The number of aromatic nitrogens is 2. The van der Waals surface area contributed by atoms with E-state index in [1.165, 1.54) is 18.2 Å². The Bertz CT molecular complexity index is 1080. The van der Waals surface area contributed by atoms with Crippen molar-refractivity contribution in [2.24, 2.45) is 0 Å². The molecule has 29 heavy (non-hydrogen) atoms. The Balaban J connectivity index is 1.70. The van der Waals surface area contributed by atoms with Crippen LogP contribution in [-0.4, -0.2) is 26.5 Å². The average molecular weight is 393 g/mol. The summed E-state index contributed by atoms with van der Waals surface area (Å²) in [6, 6.07) is 15.0. The van der Waals surface area contributed by atoms with Gasteiger partial charge in [0, 0.05) is 23.4 Å². The zero-order chi connectivity index (χ0) is 21.0. The van der Waals surface area contributed by atoms with Gasteiger partial charge in [-0.25, -0.2) is 0 Å². The first-order valence-corrected chi connectivity index (χ1v) is 8.80. The molecule has 2 N–H and O–H groups in total. The molecule has 9 nitrogen and oxygen atoms in total. The summed E-state index contributed by atoms with van der Waals surface area (Å²) >= 11 is 0. The molecule has 1 aromatic heterocycles. The van der Waals surface area contributed by atoms with Crippen molar-refractivity contribution in [1.29, 1.82) is 0 Å². The molecule has 148 valence electrons. The van der Waals surface area contributed by atoms with Crippen LogP contribution in [0.3, 0.4) is 0 Å². The van der Waals surface area contributed by atoms with E-state index in [0.29, 0.717) is 23.5 Å². The third-order valence-electron chi connectivity index (χ3n) is 4.39. The van der Waals surface area contributed by atoms with E-state index in [2.05, 4.69) is 16.0 Å². The predicted molar refractivity (Wildman–Crippen MR) is 105 cm³/mol. The fourth-order valence-electron chi connectivity index (χ4n) is 2.94. The summed E-state index contributed by atoms with van der Waals surface area (Å²) < 4.78 is 1.72. The second-order valence-corrected chi connectivity index (χ2v) is 6.40. The minimum atomic E-state index is -0.658. The Morgan fingerprint density at radius 2 is 1.72 bits per heavy atom. The molecule has 0 aliphatic rings. The SMILES string of the molecule is Cc1nn(Cc2ccccc2)c(C)c1C(=O)NNC(=O)c1cccc([N+](=O)[O-])c1. The number of hydrogen-bond acceptors (Lipinski definition) is 5. The predicted octanol–water partition coefficient (Wildman–Crippen LogP) is 2.53. The summed E-state index contributed by atoms with van der Waals surface area (Å²) in [7, 11) is 0. The van der Waals surface area contributed by atoms with Gasteiger partial charge in [0.05, 0.1) is 22.7 Å². The number of aryl methyl sites for hydroxylation is 1. The van der Waals surface area contributed by atoms with Gasteiger partial charge >= 0.3 is 0 Å². The van der Waals surface area contributed by atoms with Gasteiger partial charge in [-0.1, -0.05) is 36.4 Å². The highest BCUT2D eigenvalue weighted by atomic mass is 16.6. The van der Waals surface area contributed by atoms with Gasteiger partial charge in [-0.2, -0.15) is 5.10 Å². The lowest BCUT2D eigenvalue weighted by Crippen LogP contribution is -2.42. The van der Waals surface area contributed by atoms with Crippen LogP contribution in [0.1, 0.15) is 37.7 Å². The lowest BCUT2D eigenvalue weighted by Gasteiger charge is -2.08. The fraction of sp³-hybridized carbons (Fsp3) is 0.150. The quantitative estimate of drug-likeness (QED) is 0.510. The summed E-state index contributed by atoms with van der Waals surface area (Å²) in [5.74, 6) is -1.17. The first-order chi connectivity index (χ1) is 13.9. The van der Waals surface area contributed by atoms with Crippen LogP contribution in [0.5, 0.6) is 0 Å². The largest absolute Gasteiger partial charge is 0.273 e. The smallest absolute Gasteiger partial charge is 0.267 e. The van der Waals surface area contributed by atoms with Gasteiger partial charge in [0.15, 0.2) is 0 Å². The molecule has 1 heterocycles. The molecule has 2 amide bonds. The van der Waals surface area contributed by atoms with Crippen LogP contribution >= 0.6 is 0 Å². The van der Waals surface area contributed by atoms with Gasteiger partial charge in [0.25, 0.3) is 17.5 Å². The number of nitrogens with one attached hydrogen (secondary N) is 2. The van der Waals surface area contributed by atoms with Crippen LogP contribution in [0.2, 0.25) is 0 Å². The maximum absolute atomic E-state index is 12.6. The number of hydrogen-bond donors (Lipinski definition) is 2. The number of non-ortho nitro benzene ring substituents is 1. The number of rotatable bonds is 5. The number of carbonyl (C=O) groups is 2. The van der Waals surface area contributed by atoms with Crippen molar-refractivity contribution < 1.29 is 14.5 Å². The molecule has 0 aliphatic heterocycles. The van der Waals surface area contributed by atoms with Gasteiger partial charge < -0.3 is 0 Å². The van der Waals surface area contributed by atoms with Crippen LogP contribution in [-0.2, 0) is 6.54 Å². The molecule has 0 fully saturated rings. The van der Waals surface area contributed by atoms with Crippen LogP contribution < -0.4 is 10.9 Å². The second-order valence-electron chi connectivity index (χ2n) is 6.40. The van der Waals surface area contributed by atoms with E-state index < -0.39 is 16.7 Å². The van der Waals surface area contributed by atoms with Gasteiger partial charge in [-0.15, -0.1) is 0 Å². The summed E-state index contributed by atoms with van der Waals surface area (Å²) in [6.07, 6.45) is 0. The Labute approximate surface area is 166 Å². The Hall–Kier alpha value is -4.01. The maximum Gasteiger partial charge on any atom is 0.273 e. The first kappa shape index (κ1) is 19.7. The molecule has 3 rings (SSSR count). The zero-order valence-corrected chi connectivity index (χ0v) is 15.9. The van der Waals surface area contributed by atoms with Crippen molar-refractivity contribution in [3.8, 4) is 0 Å². The Morgan fingerprint density at radius 3 is 2.41 bits per heavy atom. The second kappa shape index (κ2) is 8.34. The Morgan fingerprint density at radius 1 is 1.03 bits per heavy atom. The van der Waals surface area contributed by atoms with Crippen molar-refractivity contribution in [2.45, 2.75) is 20.4 Å². The summed E-state index contributed by atoms with van der Waals surface area (Å²) in [5, 5.41) is 15.2. The van der Waals surface area contributed by atoms with Crippen molar-refractivity contribution in [3.05, 3.63) is 92.8 Å². The molecule has 0 spiro atoms. The first-order valence-electron chi connectivity index (χ1n) is 8.80. The van der Waals surface area contributed by atoms with E-state index in [-0.39, 0.29) is 11.3 Å². The number of hydrazine groups is 1. The summed E-state index contributed by atoms with van der Waals surface area (Å²) in [5.41, 5.74) is 7.07. The zero-order valence-electron chi connectivity index (χ0n) is 15.9. The molecule has 0 atom stereocenters. The number of benzene rings is 2. The van der Waals surface area contributed by atoms with E-state index >= 15 is 0 Å². The highest BCUT2D eigenvalue weighted by Gasteiger charge is 2.20. The summed E-state index contributed by atoms with van der Waals surface area (Å²) in [4.78, 5) is 35.0. The number of nitro benzene ring substituents is 1. The van der Waals surface area contributed by atoms with Crippen LogP contribution in [0.25, 0.3) is 0 Å². The maximum atomic E-state index is 12.6. The molecule has 0 saturated carbocycles. The molecule has 0 bridgehead atoms. The number of nitrogens with zero attached hydrogens (tertiary/aromatic N) is 3. The molecular weight excluding hydrogens is 374 g/mol. The highest BCUT2D eigenvalue weighted by Crippen LogP contribution is 2.15.